The van der Waals surface area contributed by atoms with E-state index >= 15 is 0 Å². The average molecular weight is 340 g/mol. The maximum atomic E-state index is 12.6. The molecule has 6 heteroatoms. The normalized spacial score (nSPS) is 20.8. The predicted molar refractivity (Wildman–Crippen MR) is 95.7 cm³/mol. The molecule has 0 saturated heterocycles. The molecule has 0 bridgehead atoms. The van der Waals surface area contributed by atoms with Crippen LogP contribution in [-0.2, 0) is 7.05 Å². The summed E-state index contributed by atoms with van der Waals surface area (Å²) in [6.45, 7) is 1.90. The summed E-state index contributed by atoms with van der Waals surface area (Å²) >= 11 is 0. The highest BCUT2D eigenvalue weighted by Gasteiger charge is 2.43. The highest BCUT2D eigenvalue weighted by Crippen LogP contribution is 2.46. The predicted octanol–water partition coefficient (Wildman–Crippen LogP) is 3.69. The summed E-state index contributed by atoms with van der Waals surface area (Å²) in [6, 6.07) is 9.63. The van der Waals surface area contributed by atoms with Crippen LogP contribution < -0.4 is 15.4 Å². The number of fused-ring (bicyclic) bond motifs is 1. The summed E-state index contributed by atoms with van der Waals surface area (Å²) in [5.74, 6) is 1.59. The number of carbonyl (C=O) groups is 1. The zero-order chi connectivity index (χ0) is 17.4. The van der Waals surface area contributed by atoms with Gasteiger partial charge in [-0.1, -0.05) is 18.2 Å². The van der Waals surface area contributed by atoms with Crippen LogP contribution in [0.15, 0.2) is 30.3 Å². The zero-order valence-electron chi connectivity index (χ0n) is 14.7. The molecular weight excluding hydrogens is 316 g/mol. The summed E-state index contributed by atoms with van der Waals surface area (Å²) in [7, 11) is 1.82. The van der Waals surface area contributed by atoms with Crippen LogP contribution >= 0.6 is 0 Å². The van der Waals surface area contributed by atoms with Crippen molar-refractivity contribution < 1.29 is 9.53 Å². The number of para-hydroxylation sites is 1. The van der Waals surface area contributed by atoms with Crippen molar-refractivity contribution in [1.82, 2.24) is 15.1 Å². The van der Waals surface area contributed by atoms with Crippen LogP contribution in [0.5, 0.6) is 5.75 Å². The van der Waals surface area contributed by atoms with Crippen LogP contribution in [-0.4, -0.2) is 21.4 Å². The van der Waals surface area contributed by atoms with Crippen LogP contribution in [0.25, 0.3) is 0 Å². The van der Waals surface area contributed by atoms with E-state index in [1.54, 1.807) is 4.68 Å². The quantitative estimate of drug-likeness (QED) is 0.876. The van der Waals surface area contributed by atoms with Gasteiger partial charge in [-0.15, -0.1) is 0 Å². The molecule has 2 N–H and O–H groups in total. The number of ether oxygens (including phenoxy) is 1. The second kappa shape index (κ2) is 6.10. The van der Waals surface area contributed by atoms with Gasteiger partial charge in [-0.3, -0.25) is 10.00 Å². The van der Waals surface area contributed by atoms with Crippen molar-refractivity contribution in [2.45, 2.75) is 50.7 Å². The number of carbonyl (C=O) groups excluding carboxylic acids is 1. The SMILES string of the molecule is Cc1cc(NC(=O)N[C@H]2CC3(CCCC3)Oc3ccccc32)n(C)n1. The monoisotopic (exact) mass is 340 g/mol. The first-order chi connectivity index (χ1) is 12.0. The second-order valence-corrected chi connectivity index (χ2v) is 7.18. The topological polar surface area (TPSA) is 68.2 Å². The number of anilines is 1. The van der Waals surface area contributed by atoms with E-state index in [1.807, 2.05) is 44.3 Å². The molecular formula is C19H24N4O2. The van der Waals surface area contributed by atoms with Crippen molar-refractivity contribution >= 4 is 11.8 Å². The molecule has 2 aromatic rings. The number of amides is 2. The summed E-state index contributed by atoms with van der Waals surface area (Å²) < 4.78 is 8.02. The number of nitrogens with one attached hydrogen (secondary N) is 2. The Labute approximate surface area is 147 Å². The number of hydrogen-bond acceptors (Lipinski definition) is 3. The van der Waals surface area contributed by atoms with E-state index in [0.717, 1.165) is 36.3 Å². The lowest BCUT2D eigenvalue weighted by Gasteiger charge is -2.40. The van der Waals surface area contributed by atoms with E-state index in [-0.39, 0.29) is 17.7 Å². The number of nitrogens with zero attached hydrogens (tertiary/aromatic N) is 2. The first-order valence-corrected chi connectivity index (χ1v) is 8.91. The Morgan fingerprint density at radius 2 is 2.08 bits per heavy atom. The lowest BCUT2D eigenvalue weighted by molar-refractivity contribution is 0.0388. The Morgan fingerprint density at radius 3 is 2.80 bits per heavy atom. The molecule has 1 saturated carbocycles. The highest BCUT2D eigenvalue weighted by atomic mass is 16.5. The molecule has 25 heavy (non-hydrogen) atoms. The zero-order valence-corrected chi connectivity index (χ0v) is 14.7. The Kier molecular flexibility index (Phi) is 3.90. The molecule has 4 rings (SSSR count). The smallest absolute Gasteiger partial charge is 0.320 e. The Hall–Kier alpha value is -2.50. The van der Waals surface area contributed by atoms with Gasteiger partial charge in [-0.05, 0) is 38.7 Å². The molecule has 6 nitrogen and oxygen atoms in total. The first kappa shape index (κ1) is 16.0. The summed E-state index contributed by atoms with van der Waals surface area (Å²) in [5.41, 5.74) is 1.80. The number of rotatable bonds is 2. The molecule has 1 aliphatic carbocycles. The number of benzene rings is 1. The fourth-order valence-electron chi connectivity index (χ4n) is 4.11. The summed E-state index contributed by atoms with van der Waals surface area (Å²) in [6.07, 6.45) is 5.32. The van der Waals surface area contributed by atoms with Gasteiger partial charge in [0, 0.05) is 25.1 Å². The number of aromatic nitrogens is 2. The molecule has 1 atom stereocenters. The van der Waals surface area contributed by atoms with Gasteiger partial charge in [0.15, 0.2) is 0 Å². The molecule has 1 fully saturated rings. The van der Waals surface area contributed by atoms with E-state index in [9.17, 15) is 4.79 Å². The Balaban J connectivity index is 1.54. The molecule has 1 aliphatic heterocycles. The first-order valence-electron chi connectivity index (χ1n) is 8.91. The molecule has 2 amide bonds. The third-order valence-corrected chi connectivity index (χ3v) is 5.26. The third kappa shape index (κ3) is 3.08. The van der Waals surface area contributed by atoms with Gasteiger partial charge >= 0.3 is 6.03 Å². The summed E-state index contributed by atoms with van der Waals surface area (Å²) in [4.78, 5) is 12.6. The van der Waals surface area contributed by atoms with Gasteiger partial charge in [0.1, 0.15) is 17.2 Å². The lowest BCUT2D eigenvalue weighted by atomic mass is 9.86. The summed E-state index contributed by atoms with van der Waals surface area (Å²) in [5, 5.41) is 10.3. The Morgan fingerprint density at radius 1 is 1.32 bits per heavy atom. The van der Waals surface area contributed by atoms with Crippen molar-refractivity contribution in [2.75, 3.05) is 5.32 Å². The van der Waals surface area contributed by atoms with E-state index in [2.05, 4.69) is 15.7 Å². The maximum absolute atomic E-state index is 12.6. The Bertz CT molecular complexity index is 792. The third-order valence-electron chi connectivity index (χ3n) is 5.26. The van der Waals surface area contributed by atoms with Crippen molar-refractivity contribution in [3.63, 3.8) is 0 Å². The van der Waals surface area contributed by atoms with Crippen LogP contribution in [0.2, 0.25) is 0 Å². The fourth-order valence-corrected chi connectivity index (χ4v) is 4.11. The molecule has 1 aromatic heterocycles. The minimum Gasteiger partial charge on any atom is -0.487 e. The number of aryl methyl sites for hydroxylation is 2. The number of hydrogen-bond donors (Lipinski definition) is 2. The minimum absolute atomic E-state index is 0.0441. The average Bonchev–Trinajstić information content (AvgIpc) is 3.14. The van der Waals surface area contributed by atoms with Crippen molar-refractivity contribution in [1.29, 1.82) is 0 Å². The van der Waals surface area contributed by atoms with Crippen molar-refractivity contribution in [3.8, 4) is 5.75 Å². The van der Waals surface area contributed by atoms with E-state index in [1.165, 1.54) is 12.8 Å². The van der Waals surface area contributed by atoms with Gasteiger partial charge in [-0.25, -0.2) is 4.79 Å². The van der Waals surface area contributed by atoms with E-state index < -0.39 is 0 Å². The molecule has 0 unspecified atom stereocenters. The largest absolute Gasteiger partial charge is 0.487 e. The van der Waals surface area contributed by atoms with Crippen molar-refractivity contribution in [3.05, 3.63) is 41.6 Å². The van der Waals surface area contributed by atoms with Gasteiger partial charge in [0.25, 0.3) is 0 Å². The minimum atomic E-state index is -0.210. The van der Waals surface area contributed by atoms with Crippen LogP contribution in [0, 0.1) is 6.92 Å². The van der Waals surface area contributed by atoms with E-state index in [4.69, 9.17) is 4.74 Å². The van der Waals surface area contributed by atoms with E-state index in [0.29, 0.717) is 5.82 Å². The standard InChI is InChI=1S/C19H24N4O2/c1-13-11-17(23(2)22-13)21-18(24)20-15-12-19(9-5-6-10-19)25-16-8-4-3-7-14(15)16/h3-4,7-8,11,15H,5-6,9-10,12H2,1-2H3,(H2,20,21,24)/t15-/m0/s1. The maximum Gasteiger partial charge on any atom is 0.320 e. The molecule has 132 valence electrons. The van der Waals surface area contributed by atoms with Gasteiger partial charge in [-0.2, -0.15) is 5.10 Å². The lowest BCUT2D eigenvalue weighted by Crippen LogP contribution is -2.44. The van der Waals surface area contributed by atoms with Crippen LogP contribution in [0.4, 0.5) is 10.6 Å². The van der Waals surface area contributed by atoms with Crippen LogP contribution in [0.3, 0.4) is 0 Å². The molecule has 2 aliphatic rings. The highest BCUT2D eigenvalue weighted by molar-refractivity contribution is 5.88. The second-order valence-electron chi connectivity index (χ2n) is 7.18. The van der Waals surface area contributed by atoms with Gasteiger partial charge in [0.2, 0.25) is 0 Å². The molecule has 1 aromatic carbocycles. The van der Waals surface area contributed by atoms with Gasteiger partial charge in [0.05, 0.1) is 11.7 Å². The van der Waals surface area contributed by atoms with Gasteiger partial charge < -0.3 is 10.1 Å². The molecule has 2 heterocycles. The molecule has 0 radical (unpaired) electrons. The molecule has 1 spiro atoms. The van der Waals surface area contributed by atoms with Crippen LogP contribution in [0.1, 0.15) is 49.4 Å². The number of urea groups is 1. The van der Waals surface area contributed by atoms with Crippen molar-refractivity contribution in [2.24, 2.45) is 7.05 Å². The fraction of sp³-hybridized carbons (Fsp3) is 0.474.